The molecule has 118 valence electrons. The van der Waals surface area contributed by atoms with Crippen LogP contribution in [0.1, 0.15) is 40.0 Å². The summed E-state index contributed by atoms with van der Waals surface area (Å²) < 4.78 is 1.49. The number of hydrogen-bond donors (Lipinski definition) is 2. The molecule has 0 aliphatic heterocycles. The van der Waals surface area contributed by atoms with Crippen molar-refractivity contribution in [2.45, 2.75) is 52.6 Å². The van der Waals surface area contributed by atoms with Crippen LogP contribution in [0.3, 0.4) is 0 Å². The maximum Gasteiger partial charge on any atom is 0.291 e. The van der Waals surface area contributed by atoms with E-state index in [1.807, 2.05) is 0 Å². The molecular formula is C15H24ClN3O2. The van der Waals surface area contributed by atoms with Crippen LogP contribution in [0.5, 0.6) is 0 Å². The Morgan fingerprint density at radius 2 is 2.19 bits per heavy atom. The van der Waals surface area contributed by atoms with Gasteiger partial charge in [0.1, 0.15) is 5.69 Å². The van der Waals surface area contributed by atoms with E-state index in [-0.39, 0.29) is 23.6 Å². The van der Waals surface area contributed by atoms with Crippen LogP contribution in [-0.2, 0) is 6.54 Å². The van der Waals surface area contributed by atoms with Crippen LogP contribution in [0.15, 0.2) is 11.0 Å². The Balaban J connectivity index is 2.26. The minimum Gasteiger partial charge on any atom is -0.396 e. The molecule has 2 rings (SSSR count). The quantitative estimate of drug-likeness (QED) is 0.847. The number of nitrogens with zero attached hydrogens (tertiary/aromatic N) is 2. The summed E-state index contributed by atoms with van der Waals surface area (Å²) in [4.78, 5) is 12.5. The molecule has 5 nitrogen and oxygen atoms in total. The Kier molecular flexibility index (Phi) is 4.94. The first-order valence-corrected chi connectivity index (χ1v) is 7.83. The van der Waals surface area contributed by atoms with Gasteiger partial charge in [-0.2, -0.15) is 5.10 Å². The molecule has 1 unspecified atom stereocenters. The van der Waals surface area contributed by atoms with Crippen molar-refractivity contribution in [3.05, 3.63) is 21.6 Å². The van der Waals surface area contributed by atoms with Crippen molar-refractivity contribution in [3.63, 3.8) is 0 Å². The molecule has 2 N–H and O–H groups in total. The van der Waals surface area contributed by atoms with Crippen LogP contribution >= 0.6 is 11.6 Å². The summed E-state index contributed by atoms with van der Waals surface area (Å²) in [5.74, 6) is 0.570. The van der Waals surface area contributed by atoms with E-state index in [0.29, 0.717) is 29.6 Å². The van der Waals surface area contributed by atoms with Gasteiger partial charge in [-0.15, -0.1) is 0 Å². The molecule has 1 heterocycles. The van der Waals surface area contributed by atoms with Crippen LogP contribution in [0, 0.1) is 11.3 Å². The Labute approximate surface area is 130 Å². The van der Waals surface area contributed by atoms with Crippen molar-refractivity contribution in [1.82, 2.24) is 9.78 Å². The molecule has 0 bridgehead atoms. The van der Waals surface area contributed by atoms with Gasteiger partial charge in [0.2, 0.25) is 0 Å². The average molecular weight is 314 g/mol. The maximum atomic E-state index is 12.5. The molecular weight excluding hydrogens is 290 g/mol. The third-order valence-corrected chi connectivity index (χ3v) is 4.19. The minimum absolute atomic E-state index is 0.0375. The van der Waals surface area contributed by atoms with Gasteiger partial charge in [0, 0.05) is 19.2 Å². The number of aliphatic hydroxyl groups excluding tert-OH is 1. The van der Waals surface area contributed by atoms with Crippen molar-refractivity contribution in [3.8, 4) is 0 Å². The minimum atomic E-state index is -0.179. The van der Waals surface area contributed by atoms with Crippen LogP contribution < -0.4 is 10.9 Å². The molecule has 1 fully saturated rings. The normalized spacial score (nSPS) is 16.8. The van der Waals surface area contributed by atoms with E-state index in [1.165, 1.54) is 10.9 Å². The Morgan fingerprint density at radius 1 is 1.52 bits per heavy atom. The van der Waals surface area contributed by atoms with Gasteiger partial charge in [-0.1, -0.05) is 32.4 Å². The summed E-state index contributed by atoms with van der Waals surface area (Å²) in [7, 11) is 0. The van der Waals surface area contributed by atoms with Crippen molar-refractivity contribution in [2.75, 3.05) is 11.9 Å². The second-order valence-corrected chi connectivity index (χ2v) is 7.28. The van der Waals surface area contributed by atoms with E-state index in [1.54, 1.807) is 0 Å². The van der Waals surface area contributed by atoms with E-state index in [4.69, 9.17) is 11.6 Å². The monoisotopic (exact) mass is 313 g/mol. The van der Waals surface area contributed by atoms with Gasteiger partial charge in [0.25, 0.3) is 5.56 Å². The molecule has 1 aromatic heterocycles. The smallest absolute Gasteiger partial charge is 0.291 e. The zero-order chi connectivity index (χ0) is 15.6. The highest BCUT2D eigenvalue weighted by Crippen LogP contribution is 2.30. The number of nitrogens with one attached hydrogen (secondary N) is 1. The van der Waals surface area contributed by atoms with Gasteiger partial charge in [0.15, 0.2) is 0 Å². The third-order valence-electron chi connectivity index (χ3n) is 3.91. The highest BCUT2D eigenvalue weighted by Gasteiger charge is 2.27. The predicted molar refractivity (Wildman–Crippen MR) is 84.8 cm³/mol. The van der Waals surface area contributed by atoms with Crippen molar-refractivity contribution in [1.29, 1.82) is 0 Å². The van der Waals surface area contributed by atoms with Gasteiger partial charge in [-0.05, 0) is 30.6 Å². The van der Waals surface area contributed by atoms with E-state index < -0.39 is 0 Å². The molecule has 1 aliphatic carbocycles. The predicted octanol–water partition coefficient (Wildman–Crippen LogP) is 2.52. The van der Waals surface area contributed by atoms with Gasteiger partial charge < -0.3 is 10.4 Å². The topological polar surface area (TPSA) is 67.2 Å². The number of aromatic nitrogens is 2. The van der Waals surface area contributed by atoms with Crippen LogP contribution in [0.4, 0.5) is 5.69 Å². The Bertz CT molecular complexity index is 547. The molecule has 21 heavy (non-hydrogen) atoms. The van der Waals surface area contributed by atoms with Gasteiger partial charge in [0.05, 0.1) is 11.2 Å². The standard InChI is InChI=1S/C15H24ClN3O2/c1-15(2,3)12(6-7-20)18-13-11(16)8-17-19(14(13)21)9-10-4-5-10/h8,10,12,18,20H,4-7,9H2,1-3H3. The second-order valence-electron chi connectivity index (χ2n) is 6.87. The highest BCUT2D eigenvalue weighted by molar-refractivity contribution is 6.33. The SMILES string of the molecule is CC(C)(C)C(CCO)Nc1c(Cl)cnn(CC2CC2)c1=O. The van der Waals surface area contributed by atoms with Crippen molar-refractivity contribution < 1.29 is 5.11 Å². The molecule has 0 aromatic carbocycles. The first-order valence-electron chi connectivity index (χ1n) is 7.46. The van der Waals surface area contributed by atoms with Gasteiger partial charge in [-0.25, -0.2) is 4.68 Å². The summed E-state index contributed by atoms with van der Waals surface area (Å²) in [5, 5.41) is 16.9. The van der Waals surface area contributed by atoms with Crippen molar-refractivity contribution in [2.24, 2.45) is 11.3 Å². The largest absolute Gasteiger partial charge is 0.396 e. The molecule has 0 radical (unpaired) electrons. The molecule has 1 aromatic rings. The zero-order valence-corrected chi connectivity index (χ0v) is 13.7. The number of halogens is 1. The maximum absolute atomic E-state index is 12.5. The fourth-order valence-corrected chi connectivity index (χ4v) is 2.48. The van der Waals surface area contributed by atoms with Crippen molar-refractivity contribution >= 4 is 17.3 Å². The molecule has 1 atom stereocenters. The zero-order valence-electron chi connectivity index (χ0n) is 12.9. The third kappa shape index (κ3) is 4.20. The summed E-state index contributed by atoms with van der Waals surface area (Å²) >= 11 is 6.15. The van der Waals surface area contributed by atoms with E-state index in [2.05, 4.69) is 31.2 Å². The molecule has 0 spiro atoms. The van der Waals surface area contributed by atoms with E-state index in [0.717, 1.165) is 12.8 Å². The van der Waals surface area contributed by atoms with Gasteiger partial charge >= 0.3 is 0 Å². The average Bonchev–Trinajstić information content (AvgIpc) is 3.19. The van der Waals surface area contributed by atoms with E-state index in [9.17, 15) is 9.90 Å². The van der Waals surface area contributed by atoms with E-state index >= 15 is 0 Å². The lowest BCUT2D eigenvalue weighted by molar-refractivity contribution is 0.235. The Morgan fingerprint density at radius 3 is 2.71 bits per heavy atom. The summed E-state index contributed by atoms with van der Waals surface area (Å²) in [5.41, 5.74) is 0.116. The lowest BCUT2D eigenvalue weighted by Gasteiger charge is -2.32. The lowest BCUT2D eigenvalue weighted by atomic mass is 9.85. The molecule has 6 heteroatoms. The second kappa shape index (κ2) is 6.36. The molecule has 1 saturated carbocycles. The van der Waals surface area contributed by atoms with Crippen LogP contribution in [0.2, 0.25) is 5.02 Å². The number of hydrogen-bond acceptors (Lipinski definition) is 4. The lowest BCUT2D eigenvalue weighted by Crippen LogP contribution is -2.38. The fraction of sp³-hybridized carbons (Fsp3) is 0.733. The molecule has 0 saturated heterocycles. The summed E-state index contributed by atoms with van der Waals surface area (Å²) in [6, 6.07) is -0.0375. The first kappa shape index (κ1) is 16.3. The van der Waals surface area contributed by atoms with Crippen LogP contribution in [0.25, 0.3) is 0 Å². The van der Waals surface area contributed by atoms with Crippen LogP contribution in [-0.4, -0.2) is 27.5 Å². The number of anilines is 1. The first-order chi connectivity index (χ1) is 9.82. The summed E-state index contributed by atoms with van der Waals surface area (Å²) in [6.45, 7) is 6.92. The fourth-order valence-electron chi connectivity index (χ4n) is 2.30. The van der Waals surface area contributed by atoms with Gasteiger partial charge in [-0.3, -0.25) is 4.79 Å². The summed E-state index contributed by atoms with van der Waals surface area (Å²) in [6.07, 6.45) is 4.40. The highest BCUT2D eigenvalue weighted by atomic mass is 35.5. The molecule has 0 amide bonds. The number of rotatable bonds is 6. The molecule has 1 aliphatic rings. The number of aliphatic hydroxyl groups is 1. The Hall–Kier alpha value is -1.07.